The van der Waals surface area contributed by atoms with Crippen LogP contribution in [0.4, 0.5) is 0 Å². The zero-order valence-electron chi connectivity index (χ0n) is 10.9. The van der Waals surface area contributed by atoms with E-state index < -0.39 is 0 Å². The predicted molar refractivity (Wildman–Crippen MR) is 84.3 cm³/mol. The molecule has 3 rings (SSSR count). The molecule has 0 aliphatic rings. The van der Waals surface area contributed by atoms with Crippen molar-refractivity contribution < 1.29 is 5.11 Å². The van der Waals surface area contributed by atoms with Gasteiger partial charge in [-0.3, -0.25) is 4.79 Å². The fourth-order valence-electron chi connectivity index (χ4n) is 1.99. The third-order valence-corrected chi connectivity index (χ3v) is 3.26. The molecule has 0 bridgehead atoms. The summed E-state index contributed by atoms with van der Waals surface area (Å²) < 4.78 is 0. The first-order valence-corrected chi connectivity index (χ1v) is 6.67. The quantitative estimate of drug-likeness (QED) is 0.710. The van der Waals surface area contributed by atoms with Crippen molar-refractivity contribution in [2.75, 3.05) is 0 Å². The zero-order valence-corrected chi connectivity index (χ0v) is 11.6. The van der Waals surface area contributed by atoms with Gasteiger partial charge in [0.2, 0.25) is 0 Å². The molecule has 5 heteroatoms. The highest BCUT2D eigenvalue weighted by atomic mass is 35.5. The average Bonchev–Trinajstić information content (AvgIpc) is 2.49. The maximum atomic E-state index is 12.0. The van der Waals surface area contributed by atoms with Crippen molar-refractivity contribution in [3.63, 3.8) is 0 Å². The summed E-state index contributed by atoms with van der Waals surface area (Å²) in [6.07, 6.45) is 1.35. The number of H-pyrrole nitrogens is 1. The van der Waals surface area contributed by atoms with Gasteiger partial charge in [0, 0.05) is 16.7 Å². The summed E-state index contributed by atoms with van der Waals surface area (Å²) >= 11 is 5.87. The van der Waals surface area contributed by atoms with Crippen LogP contribution in [0.1, 0.15) is 11.3 Å². The lowest BCUT2D eigenvalue weighted by Crippen LogP contribution is -2.12. The Morgan fingerprint density at radius 1 is 1.19 bits per heavy atom. The van der Waals surface area contributed by atoms with E-state index in [2.05, 4.69) is 9.97 Å². The second kappa shape index (κ2) is 5.42. The molecule has 2 aromatic carbocycles. The number of aliphatic hydroxyl groups is 1. The van der Waals surface area contributed by atoms with Crippen LogP contribution in [0.5, 0.6) is 0 Å². The van der Waals surface area contributed by atoms with E-state index in [4.69, 9.17) is 11.6 Å². The molecule has 21 heavy (non-hydrogen) atoms. The molecule has 0 unspecified atom stereocenters. The number of aliphatic hydroxyl groups excluding tert-OH is 1. The van der Waals surface area contributed by atoms with Crippen LogP contribution in [0.3, 0.4) is 0 Å². The van der Waals surface area contributed by atoms with Crippen LogP contribution < -0.4 is 5.56 Å². The van der Waals surface area contributed by atoms with Gasteiger partial charge < -0.3 is 10.1 Å². The third-order valence-electron chi connectivity index (χ3n) is 3.02. The van der Waals surface area contributed by atoms with E-state index in [1.807, 2.05) is 6.07 Å². The normalized spacial score (nSPS) is 11.8. The Morgan fingerprint density at radius 2 is 1.95 bits per heavy atom. The Balaban J connectivity index is 2.11. The Bertz CT molecular complexity index is 886. The molecular weight excluding hydrogens is 288 g/mol. The molecular formula is C16H11ClN2O2. The van der Waals surface area contributed by atoms with Gasteiger partial charge in [0.25, 0.3) is 5.56 Å². The molecule has 2 N–H and O–H groups in total. The minimum Gasteiger partial charge on any atom is -0.507 e. The molecule has 0 spiro atoms. The number of aromatic nitrogens is 2. The molecule has 0 saturated carbocycles. The predicted octanol–water partition coefficient (Wildman–Crippen LogP) is 3.63. The smallest absolute Gasteiger partial charge is 0.274 e. The van der Waals surface area contributed by atoms with Gasteiger partial charge in [-0.05, 0) is 18.2 Å². The highest BCUT2D eigenvalue weighted by Crippen LogP contribution is 2.16. The zero-order chi connectivity index (χ0) is 14.8. The third kappa shape index (κ3) is 2.80. The highest BCUT2D eigenvalue weighted by molar-refractivity contribution is 6.31. The summed E-state index contributed by atoms with van der Waals surface area (Å²) in [6.45, 7) is 0. The van der Waals surface area contributed by atoms with Crippen LogP contribution in [0, 0.1) is 0 Å². The molecule has 0 fully saturated rings. The van der Waals surface area contributed by atoms with Crippen molar-refractivity contribution >= 4 is 34.5 Å². The van der Waals surface area contributed by atoms with Crippen molar-refractivity contribution in [1.82, 2.24) is 9.97 Å². The van der Waals surface area contributed by atoms with E-state index in [-0.39, 0.29) is 17.0 Å². The molecule has 1 heterocycles. The van der Waals surface area contributed by atoms with Crippen LogP contribution in [-0.4, -0.2) is 15.1 Å². The molecule has 0 amide bonds. The fraction of sp³-hybridized carbons (Fsp3) is 0. The number of aromatic amines is 1. The molecule has 0 saturated heterocycles. The number of halogens is 1. The number of hydrogen-bond donors (Lipinski definition) is 2. The number of rotatable bonds is 2. The monoisotopic (exact) mass is 298 g/mol. The SMILES string of the molecule is O=c1[nH]c2cc(Cl)ccc2nc1C=C(O)c1ccccc1. The molecule has 4 nitrogen and oxygen atoms in total. The molecule has 0 aliphatic carbocycles. The Kier molecular flexibility index (Phi) is 3.46. The van der Waals surface area contributed by atoms with Crippen molar-refractivity contribution in [2.24, 2.45) is 0 Å². The van der Waals surface area contributed by atoms with Gasteiger partial charge in [0.05, 0.1) is 11.0 Å². The molecule has 3 aromatic rings. The van der Waals surface area contributed by atoms with Gasteiger partial charge in [-0.1, -0.05) is 41.9 Å². The lowest BCUT2D eigenvalue weighted by molar-refractivity contribution is 0.515. The minimum absolute atomic E-state index is 0.0121. The highest BCUT2D eigenvalue weighted by Gasteiger charge is 2.05. The van der Waals surface area contributed by atoms with Gasteiger partial charge in [-0.2, -0.15) is 0 Å². The number of nitrogens with one attached hydrogen (secondary N) is 1. The number of fused-ring (bicyclic) bond motifs is 1. The van der Waals surface area contributed by atoms with E-state index in [0.717, 1.165) is 0 Å². The van der Waals surface area contributed by atoms with E-state index in [1.54, 1.807) is 42.5 Å². The molecule has 0 atom stereocenters. The van der Waals surface area contributed by atoms with Crippen molar-refractivity contribution in [3.05, 3.63) is 75.2 Å². The second-order valence-electron chi connectivity index (χ2n) is 4.51. The van der Waals surface area contributed by atoms with Crippen LogP contribution in [-0.2, 0) is 0 Å². The summed E-state index contributed by atoms with van der Waals surface area (Å²) in [5.41, 5.74) is 1.54. The maximum absolute atomic E-state index is 12.0. The Labute approximate surface area is 125 Å². The van der Waals surface area contributed by atoms with Gasteiger partial charge in [0.1, 0.15) is 11.5 Å². The van der Waals surface area contributed by atoms with Gasteiger partial charge in [-0.25, -0.2) is 4.98 Å². The summed E-state index contributed by atoms with van der Waals surface area (Å²) in [6, 6.07) is 14.0. The molecule has 0 aliphatic heterocycles. The van der Waals surface area contributed by atoms with Crippen molar-refractivity contribution in [3.8, 4) is 0 Å². The van der Waals surface area contributed by atoms with E-state index in [0.29, 0.717) is 21.6 Å². The summed E-state index contributed by atoms with van der Waals surface area (Å²) in [5.74, 6) is -0.0121. The van der Waals surface area contributed by atoms with Gasteiger partial charge in [0.15, 0.2) is 0 Å². The number of benzene rings is 2. The Morgan fingerprint density at radius 3 is 2.71 bits per heavy atom. The van der Waals surface area contributed by atoms with Crippen LogP contribution in [0.25, 0.3) is 22.9 Å². The number of nitrogens with zero attached hydrogens (tertiary/aromatic N) is 1. The Hall–Kier alpha value is -2.59. The lowest BCUT2D eigenvalue weighted by Gasteiger charge is -2.02. The fourth-order valence-corrected chi connectivity index (χ4v) is 2.16. The minimum atomic E-state index is -0.382. The summed E-state index contributed by atoms with van der Waals surface area (Å²) in [4.78, 5) is 18.9. The first kappa shape index (κ1) is 13.4. The number of hydrogen-bond acceptors (Lipinski definition) is 3. The molecule has 0 radical (unpaired) electrons. The largest absolute Gasteiger partial charge is 0.507 e. The van der Waals surface area contributed by atoms with Crippen LogP contribution >= 0.6 is 11.6 Å². The van der Waals surface area contributed by atoms with E-state index in [1.165, 1.54) is 6.08 Å². The first-order chi connectivity index (χ1) is 10.1. The summed E-state index contributed by atoms with van der Waals surface area (Å²) in [5, 5.41) is 10.6. The maximum Gasteiger partial charge on any atom is 0.274 e. The van der Waals surface area contributed by atoms with Crippen LogP contribution in [0.15, 0.2) is 53.3 Å². The van der Waals surface area contributed by atoms with Gasteiger partial charge in [-0.15, -0.1) is 0 Å². The second-order valence-corrected chi connectivity index (χ2v) is 4.94. The van der Waals surface area contributed by atoms with E-state index in [9.17, 15) is 9.90 Å². The summed E-state index contributed by atoms with van der Waals surface area (Å²) in [7, 11) is 0. The van der Waals surface area contributed by atoms with Crippen molar-refractivity contribution in [1.29, 1.82) is 0 Å². The average molecular weight is 299 g/mol. The lowest BCUT2D eigenvalue weighted by atomic mass is 10.1. The van der Waals surface area contributed by atoms with E-state index >= 15 is 0 Å². The molecule has 1 aromatic heterocycles. The topological polar surface area (TPSA) is 66.0 Å². The molecule has 104 valence electrons. The van der Waals surface area contributed by atoms with Gasteiger partial charge >= 0.3 is 0 Å². The van der Waals surface area contributed by atoms with Crippen LogP contribution in [0.2, 0.25) is 5.02 Å². The standard InChI is InChI=1S/C16H11ClN2O2/c17-11-6-7-12-13(8-11)19-16(21)14(18-12)9-15(20)10-4-2-1-3-5-10/h1-9,20H,(H,19,21). The van der Waals surface area contributed by atoms with Crippen molar-refractivity contribution in [2.45, 2.75) is 0 Å². The first-order valence-electron chi connectivity index (χ1n) is 6.29.